The Bertz CT molecular complexity index is 1520. The lowest BCUT2D eigenvalue weighted by molar-refractivity contribution is -0.387. The third-order valence-corrected chi connectivity index (χ3v) is 8.29. The molecule has 202 valence electrons. The Hall–Kier alpha value is -4.04. The van der Waals surface area contributed by atoms with Gasteiger partial charge in [0.05, 0.1) is 29.3 Å². The molecule has 3 aromatic rings. The number of nitrogens with one attached hydrogen (secondary N) is 2. The number of nitro groups is 1. The van der Waals surface area contributed by atoms with Crippen molar-refractivity contribution in [3.63, 3.8) is 0 Å². The molecule has 1 amide bonds. The second-order valence-electron chi connectivity index (χ2n) is 9.08. The summed E-state index contributed by atoms with van der Waals surface area (Å²) in [6.07, 6.45) is 2.25. The zero-order valence-electron chi connectivity index (χ0n) is 20.4. The highest BCUT2D eigenvalue weighted by atomic mass is 32.2. The van der Waals surface area contributed by atoms with E-state index in [4.69, 9.17) is 9.84 Å². The SMILES string of the molecule is COc1cnc2ccc(=O)n(CC(NS(=O)(=O)c3ccccc3[N+](=O)[O-])C3CCC(NC(=O)O)CC3)c2c1. The molecule has 0 bridgehead atoms. The molecule has 38 heavy (non-hydrogen) atoms. The maximum atomic E-state index is 13.4. The first-order chi connectivity index (χ1) is 18.1. The van der Waals surface area contributed by atoms with Gasteiger partial charge in [-0.2, -0.15) is 0 Å². The predicted molar refractivity (Wildman–Crippen MR) is 137 cm³/mol. The molecule has 0 spiro atoms. The van der Waals surface area contributed by atoms with Crippen LogP contribution < -0.4 is 20.3 Å². The number of nitrogens with zero attached hydrogens (tertiary/aromatic N) is 3. The standard InChI is InChI=1S/C24H27N5O8S/c1-37-17-12-21-18(25-13-17)10-11-23(30)28(21)14-19(15-6-8-16(9-7-15)26-24(31)32)27-38(35,36)22-5-3-2-4-20(22)29(33)34/h2-5,10-13,15-16,19,26-27H,6-9,14H2,1H3,(H,31,32). The molecule has 14 heteroatoms. The van der Waals surface area contributed by atoms with Gasteiger partial charge in [-0.15, -0.1) is 0 Å². The van der Waals surface area contributed by atoms with Crippen LogP contribution in [0.25, 0.3) is 11.0 Å². The highest BCUT2D eigenvalue weighted by molar-refractivity contribution is 7.89. The van der Waals surface area contributed by atoms with E-state index in [1.54, 1.807) is 12.1 Å². The quantitative estimate of drug-likeness (QED) is 0.269. The molecule has 2 aromatic heterocycles. The molecule has 1 saturated carbocycles. The molecule has 0 saturated heterocycles. The molecular formula is C24H27N5O8S. The average Bonchev–Trinajstić information content (AvgIpc) is 2.89. The lowest BCUT2D eigenvalue weighted by atomic mass is 9.81. The fourth-order valence-electron chi connectivity index (χ4n) is 4.87. The van der Waals surface area contributed by atoms with Crippen molar-refractivity contribution in [3.05, 3.63) is 69.1 Å². The highest BCUT2D eigenvalue weighted by Crippen LogP contribution is 2.30. The summed E-state index contributed by atoms with van der Waals surface area (Å²) >= 11 is 0. The van der Waals surface area contributed by atoms with Crippen molar-refractivity contribution in [2.24, 2.45) is 5.92 Å². The second kappa shape index (κ2) is 11.1. The third-order valence-electron chi connectivity index (χ3n) is 6.75. The number of carbonyl (C=O) groups is 1. The minimum absolute atomic E-state index is 0.0768. The van der Waals surface area contributed by atoms with Crippen molar-refractivity contribution in [3.8, 4) is 5.75 Å². The van der Waals surface area contributed by atoms with E-state index in [1.165, 1.54) is 36.1 Å². The number of hydrogen-bond acceptors (Lipinski definition) is 8. The van der Waals surface area contributed by atoms with Crippen LogP contribution in [0.2, 0.25) is 0 Å². The number of amides is 1. The maximum absolute atomic E-state index is 13.4. The highest BCUT2D eigenvalue weighted by Gasteiger charge is 2.34. The Labute approximate surface area is 217 Å². The smallest absolute Gasteiger partial charge is 0.404 e. The summed E-state index contributed by atoms with van der Waals surface area (Å²) in [5, 5.41) is 23.0. The second-order valence-corrected chi connectivity index (χ2v) is 10.8. The largest absolute Gasteiger partial charge is 0.495 e. The van der Waals surface area contributed by atoms with Crippen molar-refractivity contribution in [1.29, 1.82) is 0 Å². The number of fused-ring (bicyclic) bond motifs is 1. The van der Waals surface area contributed by atoms with Crippen molar-refractivity contribution < 1.29 is 28.0 Å². The number of aromatic nitrogens is 2. The number of pyridine rings is 2. The number of benzene rings is 1. The summed E-state index contributed by atoms with van der Waals surface area (Å²) in [4.78, 5) is 38.6. The molecule has 1 atom stereocenters. The molecule has 0 radical (unpaired) electrons. The van der Waals surface area contributed by atoms with E-state index in [-0.39, 0.29) is 24.1 Å². The fourth-order valence-corrected chi connectivity index (χ4v) is 6.33. The Kier molecular flexibility index (Phi) is 7.92. The number of hydrogen-bond donors (Lipinski definition) is 3. The first kappa shape index (κ1) is 27.0. The van der Waals surface area contributed by atoms with E-state index in [0.29, 0.717) is 42.5 Å². The summed E-state index contributed by atoms with van der Waals surface area (Å²) in [6.45, 7) is -0.0768. The lowest BCUT2D eigenvalue weighted by Crippen LogP contribution is -2.47. The zero-order valence-corrected chi connectivity index (χ0v) is 21.3. The zero-order chi connectivity index (χ0) is 27.4. The monoisotopic (exact) mass is 545 g/mol. The number of para-hydroxylation sites is 1. The van der Waals surface area contributed by atoms with Gasteiger partial charge in [0, 0.05) is 36.8 Å². The number of carboxylic acid groups (broad SMARTS) is 1. The van der Waals surface area contributed by atoms with E-state index >= 15 is 0 Å². The number of nitro benzene ring substituents is 1. The molecule has 1 aliphatic carbocycles. The van der Waals surface area contributed by atoms with Crippen molar-refractivity contribution in [2.45, 2.75) is 49.2 Å². The molecular weight excluding hydrogens is 518 g/mol. The van der Waals surface area contributed by atoms with Crippen LogP contribution in [0.1, 0.15) is 25.7 Å². The number of rotatable bonds is 9. The van der Waals surface area contributed by atoms with Gasteiger partial charge >= 0.3 is 6.09 Å². The molecule has 13 nitrogen and oxygen atoms in total. The summed E-state index contributed by atoms with van der Waals surface area (Å²) in [7, 11) is -2.91. The number of sulfonamides is 1. The number of ether oxygens (including phenoxy) is 1. The minimum atomic E-state index is -4.37. The van der Waals surface area contributed by atoms with Gasteiger partial charge in [0.15, 0.2) is 4.90 Å². The van der Waals surface area contributed by atoms with Gasteiger partial charge in [-0.1, -0.05) is 12.1 Å². The van der Waals surface area contributed by atoms with E-state index in [9.17, 15) is 28.1 Å². The van der Waals surface area contributed by atoms with Crippen molar-refractivity contribution in [2.75, 3.05) is 7.11 Å². The van der Waals surface area contributed by atoms with Crippen molar-refractivity contribution >= 4 is 32.8 Å². The van der Waals surface area contributed by atoms with Crippen molar-refractivity contribution in [1.82, 2.24) is 19.6 Å². The van der Waals surface area contributed by atoms with Crippen LogP contribution in [0, 0.1) is 16.0 Å². The van der Waals surface area contributed by atoms with Crippen LogP contribution in [0.4, 0.5) is 10.5 Å². The van der Waals surface area contributed by atoms with Gasteiger partial charge in [-0.25, -0.2) is 17.9 Å². The minimum Gasteiger partial charge on any atom is -0.495 e. The third kappa shape index (κ3) is 5.92. The summed E-state index contributed by atoms with van der Waals surface area (Å²) < 4.78 is 36.1. The first-order valence-corrected chi connectivity index (χ1v) is 13.4. The Morgan fingerprint density at radius 2 is 1.95 bits per heavy atom. The Balaban J connectivity index is 1.73. The van der Waals surface area contributed by atoms with Crippen LogP contribution >= 0.6 is 0 Å². The normalized spacial score (nSPS) is 18.6. The van der Waals surface area contributed by atoms with Crippen LogP contribution in [0.15, 0.2) is 58.4 Å². The first-order valence-electron chi connectivity index (χ1n) is 11.9. The Morgan fingerprint density at radius 1 is 1.24 bits per heavy atom. The lowest BCUT2D eigenvalue weighted by Gasteiger charge is -2.34. The molecule has 1 fully saturated rings. The van der Waals surface area contributed by atoms with Crippen LogP contribution in [0.5, 0.6) is 5.75 Å². The molecule has 3 N–H and O–H groups in total. The molecule has 2 heterocycles. The summed E-state index contributed by atoms with van der Waals surface area (Å²) in [5.41, 5.74) is -0.0129. The van der Waals surface area contributed by atoms with Gasteiger partial charge < -0.3 is 19.7 Å². The predicted octanol–water partition coefficient (Wildman–Crippen LogP) is 2.49. The van der Waals surface area contributed by atoms with Crippen LogP contribution in [0.3, 0.4) is 0 Å². The van der Waals surface area contributed by atoms with Gasteiger partial charge in [-0.3, -0.25) is 19.9 Å². The molecule has 0 aliphatic heterocycles. The molecule has 1 unspecified atom stereocenters. The van der Waals surface area contributed by atoms with Crippen LogP contribution in [-0.4, -0.2) is 53.3 Å². The number of methoxy groups -OCH3 is 1. The van der Waals surface area contributed by atoms with Gasteiger partial charge in [0.25, 0.3) is 11.2 Å². The van der Waals surface area contributed by atoms with E-state index < -0.39 is 37.7 Å². The molecule has 4 rings (SSSR count). The topological polar surface area (TPSA) is 183 Å². The summed E-state index contributed by atoms with van der Waals surface area (Å²) in [6, 6.07) is 8.46. The maximum Gasteiger partial charge on any atom is 0.404 e. The van der Waals surface area contributed by atoms with Gasteiger partial charge in [-0.05, 0) is 43.7 Å². The fraction of sp³-hybridized carbons (Fsp3) is 0.375. The van der Waals surface area contributed by atoms with Crippen LogP contribution in [-0.2, 0) is 16.6 Å². The summed E-state index contributed by atoms with van der Waals surface area (Å²) in [5.74, 6) is 0.134. The van der Waals surface area contributed by atoms with E-state index in [0.717, 1.165) is 12.1 Å². The van der Waals surface area contributed by atoms with Gasteiger partial charge in [0.2, 0.25) is 10.0 Å². The van der Waals surface area contributed by atoms with Gasteiger partial charge in [0.1, 0.15) is 5.75 Å². The Morgan fingerprint density at radius 3 is 2.61 bits per heavy atom. The average molecular weight is 546 g/mol. The van der Waals surface area contributed by atoms with E-state index in [2.05, 4.69) is 15.0 Å². The molecule has 1 aromatic carbocycles. The van der Waals surface area contributed by atoms with E-state index in [1.807, 2.05) is 0 Å². The molecule has 1 aliphatic rings.